The van der Waals surface area contributed by atoms with Crippen molar-refractivity contribution >= 4 is 11.6 Å². The lowest BCUT2D eigenvalue weighted by molar-refractivity contribution is -0.116. The van der Waals surface area contributed by atoms with Crippen molar-refractivity contribution in [2.45, 2.75) is 52.7 Å². The van der Waals surface area contributed by atoms with Gasteiger partial charge in [-0.2, -0.15) is 0 Å². The van der Waals surface area contributed by atoms with Crippen LogP contribution in [0.1, 0.15) is 42.1 Å². The molecule has 0 atom stereocenters. The Morgan fingerprint density at radius 3 is 2.56 bits per heavy atom. The zero-order valence-corrected chi connectivity index (χ0v) is 18.8. The highest BCUT2D eigenvalue weighted by atomic mass is 16.2. The first-order chi connectivity index (χ1) is 15.6. The quantitative estimate of drug-likeness (QED) is 0.622. The molecule has 6 heteroatoms. The van der Waals surface area contributed by atoms with E-state index in [1.807, 2.05) is 49.4 Å². The van der Waals surface area contributed by atoms with Crippen LogP contribution in [0.5, 0.6) is 0 Å². The molecule has 0 bridgehead atoms. The summed E-state index contributed by atoms with van der Waals surface area (Å²) >= 11 is 0. The molecule has 0 radical (unpaired) electrons. The molecule has 6 nitrogen and oxygen atoms in total. The van der Waals surface area contributed by atoms with E-state index in [1.165, 1.54) is 5.56 Å². The summed E-state index contributed by atoms with van der Waals surface area (Å²) in [6.07, 6.45) is 2.26. The SMILES string of the molecule is CCc1cccc(NC(=O)Cn2c(CC)nc3c(c2=O)CN(Cc2ccccc2)CC3)c1. The standard InChI is InChI=1S/C26H30N4O2/c1-3-19-11-8-12-21(15-19)27-25(31)18-30-24(4-2)28-23-13-14-29(17-22(23)26(30)32)16-20-9-6-5-7-10-20/h5-12,15H,3-4,13-14,16-18H2,1-2H3,(H,27,31). The highest BCUT2D eigenvalue weighted by molar-refractivity contribution is 5.90. The summed E-state index contributed by atoms with van der Waals surface area (Å²) < 4.78 is 1.55. The van der Waals surface area contributed by atoms with Gasteiger partial charge in [0, 0.05) is 38.2 Å². The van der Waals surface area contributed by atoms with E-state index in [9.17, 15) is 9.59 Å². The lowest BCUT2D eigenvalue weighted by Crippen LogP contribution is -2.40. The molecule has 0 fully saturated rings. The lowest BCUT2D eigenvalue weighted by atomic mass is 10.1. The largest absolute Gasteiger partial charge is 0.325 e. The van der Waals surface area contributed by atoms with Crippen molar-refractivity contribution in [3.8, 4) is 0 Å². The fraction of sp³-hybridized carbons (Fsp3) is 0.346. The van der Waals surface area contributed by atoms with E-state index in [0.717, 1.165) is 42.9 Å². The third-order valence-corrected chi connectivity index (χ3v) is 5.96. The monoisotopic (exact) mass is 430 g/mol. The van der Waals surface area contributed by atoms with Gasteiger partial charge < -0.3 is 5.32 Å². The van der Waals surface area contributed by atoms with Gasteiger partial charge in [0.15, 0.2) is 0 Å². The third kappa shape index (κ3) is 4.97. The summed E-state index contributed by atoms with van der Waals surface area (Å²) in [4.78, 5) is 33.2. The highest BCUT2D eigenvalue weighted by Gasteiger charge is 2.24. The van der Waals surface area contributed by atoms with E-state index in [4.69, 9.17) is 4.98 Å². The molecule has 3 aromatic rings. The van der Waals surface area contributed by atoms with E-state index >= 15 is 0 Å². The molecule has 0 spiro atoms. The van der Waals surface area contributed by atoms with Crippen molar-refractivity contribution in [2.75, 3.05) is 11.9 Å². The summed E-state index contributed by atoms with van der Waals surface area (Å²) in [6, 6.07) is 18.1. The summed E-state index contributed by atoms with van der Waals surface area (Å²) in [5.74, 6) is 0.455. The van der Waals surface area contributed by atoms with Gasteiger partial charge in [0.05, 0.1) is 11.3 Å². The zero-order valence-electron chi connectivity index (χ0n) is 18.8. The molecule has 2 heterocycles. The van der Waals surface area contributed by atoms with E-state index < -0.39 is 0 Å². The van der Waals surface area contributed by atoms with Gasteiger partial charge in [0.25, 0.3) is 5.56 Å². The van der Waals surface area contributed by atoms with Crippen LogP contribution < -0.4 is 10.9 Å². The molecule has 0 unspecified atom stereocenters. The van der Waals surface area contributed by atoms with Crippen LogP contribution >= 0.6 is 0 Å². The van der Waals surface area contributed by atoms with E-state index in [-0.39, 0.29) is 18.0 Å². The van der Waals surface area contributed by atoms with Gasteiger partial charge in [0.2, 0.25) is 5.91 Å². The lowest BCUT2D eigenvalue weighted by Gasteiger charge is -2.28. The van der Waals surface area contributed by atoms with E-state index in [2.05, 4.69) is 29.3 Å². The van der Waals surface area contributed by atoms with Crippen molar-refractivity contribution in [3.05, 3.63) is 93.2 Å². The van der Waals surface area contributed by atoms with Gasteiger partial charge in [-0.1, -0.05) is 56.3 Å². The molecule has 4 rings (SSSR count). The van der Waals surface area contributed by atoms with E-state index in [1.54, 1.807) is 4.57 Å². The van der Waals surface area contributed by atoms with Gasteiger partial charge in [-0.15, -0.1) is 0 Å². The molecule has 1 aromatic heterocycles. The molecule has 2 aromatic carbocycles. The maximum absolute atomic E-state index is 13.4. The highest BCUT2D eigenvalue weighted by Crippen LogP contribution is 2.18. The number of aryl methyl sites for hydroxylation is 2. The van der Waals surface area contributed by atoms with Gasteiger partial charge >= 0.3 is 0 Å². The number of anilines is 1. The minimum Gasteiger partial charge on any atom is -0.325 e. The van der Waals surface area contributed by atoms with Crippen molar-refractivity contribution in [1.29, 1.82) is 0 Å². The normalized spacial score (nSPS) is 13.6. The van der Waals surface area contributed by atoms with Crippen LogP contribution in [0.2, 0.25) is 0 Å². The first kappa shape index (κ1) is 22.0. The molecule has 1 aliphatic heterocycles. The van der Waals surface area contributed by atoms with Gasteiger partial charge in [-0.25, -0.2) is 4.98 Å². The number of fused-ring (bicyclic) bond motifs is 1. The van der Waals surface area contributed by atoms with Gasteiger partial charge in [-0.05, 0) is 29.7 Å². The fourth-order valence-corrected chi connectivity index (χ4v) is 4.24. The Hall–Kier alpha value is -3.25. The molecule has 0 saturated carbocycles. The molecule has 166 valence electrons. The predicted molar refractivity (Wildman–Crippen MR) is 127 cm³/mol. The second-order valence-corrected chi connectivity index (χ2v) is 8.25. The maximum Gasteiger partial charge on any atom is 0.258 e. The number of rotatable bonds is 7. The Morgan fingerprint density at radius 2 is 1.81 bits per heavy atom. The molecule has 0 saturated heterocycles. The summed E-state index contributed by atoms with van der Waals surface area (Å²) in [5, 5.41) is 2.93. The average molecular weight is 431 g/mol. The van der Waals surface area contributed by atoms with Crippen molar-refractivity contribution in [3.63, 3.8) is 0 Å². The number of carbonyl (C=O) groups excluding carboxylic acids is 1. The Kier molecular flexibility index (Phi) is 6.81. The molecule has 1 aliphatic rings. The van der Waals surface area contributed by atoms with Crippen LogP contribution in [0.4, 0.5) is 5.69 Å². The number of hydrogen-bond acceptors (Lipinski definition) is 4. The minimum atomic E-state index is -0.214. The van der Waals surface area contributed by atoms with Crippen LogP contribution in [-0.4, -0.2) is 26.9 Å². The summed E-state index contributed by atoms with van der Waals surface area (Å²) in [6.45, 7) is 6.24. The number of aromatic nitrogens is 2. The Labute approximate surface area is 188 Å². The molecule has 32 heavy (non-hydrogen) atoms. The first-order valence-corrected chi connectivity index (χ1v) is 11.3. The van der Waals surface area contributed by atoms with E-state index in [0.29, 0.717) is 24.4 Å². The van der Waals surface area contributed by atoms with Crippen LogP contribution in [0, 0.1) is 0 Å². The number of amides is 1. The Bertz CT molecular complexity index is 1150. The fourth-order valence-electron chi connectivity index (χ4n) is 4.24. The van der Waals surface area contributed by atoms with Crippen molar-refractivity contribution < 1.29 is 4.79 Å². The number of nitrogens with zero attached hydrogens (tertiary/aromatic N) is 3. The molecule has 0 aliphatic carbocycles. The number of benzene rings is 2. The number of nitrogens with one attached hydrogen (secondary N) is 1. The topological polar surface area (TPSA) is 67.2 Å². The van der Waals surface area contributed by atoms with Crippen LogP contribution in [0.3, 0.4) is 0 Å². The van der Waals surface area contributed by atoms with Crippen LogP contribution in [-0.2, 0) is 43.7 Å². The zero-order chi connectivity index (χ0) is 22.5. The summed E-state index contributed by atoms with van der Waals surface area (Å²) in [5.41, 5.74) is 4.63. The van der Waals surface area contributed by atoms with Gasteiger partial charge in [0.1, 0.15) is 12.4 Å². The van der Waals surface area contributed by atoms with Gasteiger partial charge in [-0.3, -0.25) is 19.1 Å². The smallest absolute Gasteiger partial charge is 0.258 e. The Balaban J connectivity index is 1.54. The average Bonchev–Trinajstić information content (AvgIpc) is 2.82. The number of hydrogen-bond donors (Lipinski definition) is 1. The maximum atomic E-state index is 13.4. The van der Waals surface area contributed by atoms with Crippen molar-refractivity contribution in [1.82, 2.24) is 14.5 Å². The second-order valence-electron chi connectivity index (χ2n) is 8.25. The van der Waals surface area contributed by atoms with Crippen LogP contribution in [0.15, 0.2) is 59.4 Å². The first-order valence-electron chi connectivity index (χ1n) is 11.3. The summed E-state index contributed by atoms with van der Waals surface area (Å²) in [7, 11) is 0. The molecule has 1 N–H and O–H groups in total. The molecular formula is C26H30N4O2. The third-order valence-electron chi connectivity index (χ3n) is 5.96. The molecular weight excluding hydrogens is 400 g/mol. The Morgan fingerprint density at radius 1 is 1.03 bits per heavy atom. The van der Waals surface area contributed by atoms with Crippen molar-refractivity contribution in [2.24, 2.45) is 0 Å². The minimum absolute atomic E-state index is 0.0304. The van der Waals surface area contributed by atoms with Crippen LogP contribution in [0.25, 0.3) is 0 Å². The second kappa shape index (κ2) is 9.92. The molecule has 1 amide bonds. The number of carbonyl (C=O) groups is 1. The predicted octanol–water partition coefficient (Wildman–Crippen LogP) is 3.57.